The Labute approximate surface area is 801 Å². The van der Waals surface area contributed by atoms with Crippen LogP contribution >= 0.6 is 11.8 Å². The van der Waals surface area contributed by atoms with Crippen molar-refractivity contribution in [2.45, 2.75) is 338 Å². The van der Waals surface area contributed by atoms with Crippen LogP contribution in [0.1, 0.15) is 299 Å². The molecule has 0 aliphatic heterocycles. The Morgan fingerprint density at radius 2 is 0.954 bits per heavy atom. The second-order valence-corrected chi connectivity index (χ2v) is 54.5. The molecule has 1 heterocycles. The highest BCUT2D eigenvalue weighted by Gasteiger charge is 2.45. The van der Waals surface area contributed by atoms with E-state index in [2.05, 4.69) is 92.2 Å². The molecule has 0 fully saturated rings. The normalized spacial score (nSPS) is 12.0. The molecular weight excluding hydrogens is 1870 g/mol. The molecule has 792 valence electrons. The van der Waals surface area contributed by atoms with Crippen LogP contribution in [0.3, 0.4) is 0 Å². The van der Waals surface area contributed by atoms with E-state index < -0.39 is 97.6 Å². The maximum Gasteiger partial charge on any atom is 0.497 e. The molecule has 0 radical (unpaired) electrons. The molecule has 2 amide bonds. The average molecular weight is 2060 g/mol. The lowest BCUT2D eigenvalue weighted by atomic mass is 9.99. The molecule has 130 heavy (non-hydrogen) atoms. The number of thioether (sulfide) groups is 1. The zero-order valence-electron chi connectivity index (χ0n) is 88.9. The van der Waals surface area contributed by atoms with Crippen LogP contribution in [0, 0.1) is 53.3 Å². The van der Waals surface area contributed by atoms with Crippen molar-refractivity contribution in [2.24, 2.45) is 64.7 Å². The fourth-order valence-electron chi connectivity index (χ4n) is 6.78. The van der Waals surface area contributed by atoms with Crippen molar-refractivity contribution < 1.29 is 105 Å². The Kier molecular flexibility index (Phi) is 107. The van der Waals surface area contributed by atoms with Gasteiger partial charge in [0.15, 0.2) is 5.78 Å². The molecule has 1 aromatic heterocycles. The second-order valence-electron chi connectivity index (χ2n) is 35.4. The molecule has 0 saturated carbocycles. The summed E-state index contributed by atoms with van der Waals surface area (Å²) in [5.74, 6) is 4.09. The van der Waals surface area contributed by atoms with Crippen LogP contribution in [-0.2, 0) is 104 Å². The van der Waals surface area contributed by atoms with E-state index in [9.17, 15) is 100 Å². The Morgan fingerprint density at radius 3 is 1.12 bits per heavy atom. The smallest absolute Gasteiger partial charge is 0.374 e. The van der Waals surface area contributed by atoms with E-state index in [4.69, 9.17) is 16.2 Å². The number of rotatable bonds is 38. The number of nitrogens with one attached hydrogen (secondary N) is 5. The van der Waals surface area contributed by atoms with E-state index in [1.807, 2.05) is 94.6 Å². The Morgan fingerprint density at radius 1 is 0.562 bits per heavy atom. The highest BCUT2D eigenvalue weighted by Crippen LogP contribution is 2.25. The predicted molar refractivity (Wildman–Crippen MR) is 548 cm³/mol. The van der Waals surface area contributed by atoms with Gasteiger partial charge in [0.25, 0.3) is 5.91 Å². The summed E-state index contributed by atoms with van der Waals surface area (Å²) in [6.45, 7) is 71.0. The number of sulfonamides is 4. The number of Topliss-reactive ketones (excluding diaryl/α,β-unsaturated/α-hetero) is 3. The number of pyridine rings is 1. The van der Waals surface area contributed by atoms with E-state index in [1.54, 1.807) is 153 Å². The number of primary amides is 1. The van der Waals surface area contributed by atoms with Crippen molar-refractivity contribution in [1.29, 1.82) is 0 Å². The quantitative estimate of drug-likeness (QED) is 0.0302. The number of carbonyl (C=O) groups excluding carboxylic acids is 5. The summed E-state index contributed by atoms with van der Waals surface area (Å²) >= 11 is 1.60. The Bertz CT molecular complexity index is 3770. The van der Waals surface area contributed by atoms with E-state index in [0.717, 1.165) is 18.9 Å². The zero-order valence-corrected chi connectivity index (χ0v) is 96.3. The van der Waals surface area contributed by atoms with Gasteiger partial charge in [-0.25, -0.2) is 82.4 Å². The number of carbonyl (C=O) groups is 5. The number of nitrogens with zero attached hydrogens (tertiary/aromatic N) is 3. The summed E-state index contributed by atoms with van der Waals surface area (Å²) in [6, 6.07) is 4.23. The number of hydrazine groups is 1. The monoisotopic (exact) mass is 2060 g/mol. The first-order valence-corrected chi connectivity index (χ1v) is 58.9. The van der Waals surface area contributed by atoms with Gasteiger partial charge in [-0.1, -0.05) is 151 Å². The molecule has 2 unspecified atom stereocenters. The van der Waals surface area contributed by atoms with Gasteiger partial charge < -0.3 is 21.5 Å². The molecular formula is C87H193F3N10O21S9. The fourth-order valence-corrected chi connectivity index (χ4v) is 13.4. The average Bonchev–Trinajstić information content (AvgIpc) is 0.843. The number of aromatic nitrogens is 1. The molecule has 0 aromatic carbocycles. The summed E-state index contributed by atoms with van der Waals surface area (Å²) < 4.78 is 209. The Balaban J connectivity index is -0.0000000929. The van der Waals surface area contributed by atoms with Crippen molar-refractivity contribution >= 4 is 121 Å². The van der Waals surface area contributed by atoms with Gasteiger partial charge in [-0.3, -0.25) is 38.6 Å². The van der Waals surface area contributed by atoms with Gasteiger partial charge in [-0.05, 0) is 198 Å². The standard InChI is InChI=1S/C9H12N2O.C9H18O2S.C8H16O2.C7H14OS.C6H15NO2S.C6H14O2S.C6H14.C5H9F3O2S.C5H14N2.2C5H13NO2S.C4H11NO2S.C4H9NO.C4H11N.C4H10O2S/c1-7(2)11-9(12)8-4-3-5-10-6-8;1-7(2)5-9(10)8(3)6-12(4)11;1-4-10-6-8(9)5-7(2)3;1-6(2)4-7(8)5-9-3;1-5(2)7-10(8,9)6(3)4;1-4-9(7,8)5-6(2)3;1-4-5-6(2)3;1-4(2)3-11(9,10)5(6,7)8;1-5(2)7(4)6-3;1-5(2)9(7,8)6(3)4;1-4-6-9(7,8)5(2)3;1-4(2)8(6,7)5-3;1-3(2)4(5)6;1-4(2)3-5;1-4(2)7(3,5)6/h3-7H,1-2H3,(H,11,12);7-8H,5-6H2,1-4H3;7H,4-6H2,1-3H3;6H,4-5H2,1-3H3;5-7H,1-4H3;6H,4-5H2,1-3H3;6H,4-5H2,1-3H3;4H,3H2,1-2H3;5-6H,1-4H3;5H,1-4H3;5-6H,4H2,1-3H3;4-5H,1-3H3;3H,1-2H3,(H2,5,6);4H,3,5H2,1-2H3;4H,1-3H3. The third kappa shape index (κ3) is 123. The maximum atomic E-state index is 11.6. The van der Waals surface area contributed by atoms with Crippen LogP contribution in [0.4, 0.5) is 13.2 Å². The van der Waals surface area contributed by atoms with Gasteiger partial charge in [0.05, 0.1) is 49.1 Å². The van der Waals surface area contributed by atoms with Gasteiger partial charge in [0.1, 0.15) is 37.8 Å². The predicted octanol–water partition coefficient (Wildman–Crippen LogP) is 14.5. The first-order chi connectivity index (χ1) is 58.2. The van der Waals surface area contributed by atoms with Crippen LogP contribution in [0.2, 0.25) is 0 Å². The summed E-state index contributed by atoms with van der Waals surface area (Å²) in [6.07, 6.45) is 12.7. The van der Waals surface area contributed by atoms with Gasteiger partial charge in [0, 0.05) is 131 Å². The summed E-state index contributed by atoms with van der Waals surface area (Å²) in [5, 5.41) is 3.29. The molecule has 1 aromatic rings. The molecule has 0 aliphatic rings. The first-order valence-electron chi connectivity index (χ1n) is 44.2. The highest BCUT2D eigenvalue weighted by molar-refractivity contribution is 7.99. The summed E-state index contributed by atoms with van der Waals surface area (Å²) in [7, 11) is -14.8. The largest absolute Gasteiger partial charge is 0.497 e. The number of ketones is 3. The number of alkyl halides is 3. The molecule has 0 saturated heterocycles. The minimum Gasteiger partial charge on any atom is -0.374 e. The minimum absolute atomic E-state index is 0.00704. The third-order valence-electron chi connectivity index (χ3n) is 14.9. The maximum absolute atomic E-state index is 11.6. The molecule has 0 aliphatic carbocycles. The van der Waals surface area contributed by atoms with Gasteiger partial charge in [-0.2, -0.15) is 24.9 Å². The lowest BCUT2D eigenvalue weighted by Gasteiger charge is -2.18. The van der Waals surface area contributed by atoms with Gasteiger partial charge in [-0.15, -0.1) is 0 Å². The Hall–Kier alpha value is -3.28. The number of ether oxygens (including phenoxy) is 1. The van der Waals surface area contributed by atoms with Crippen LogP contribution in [0.25, 0.3) is 0 Å². The van der Waals surface area contributed by atoms with Crippen LogP contribution in [-0.4, -0.2) is 266 Å². The topological polar surface area (TPSA) is 482 Å². The number of nitrogens with two attached hydrogens (primary N) is 2. The SMILES string of the molecule is CC(C)C(N)=O.CC(C)CC(=O)C(C)CS(C)=O.CC(C)CN.CC(C)CS(=O)(=O)C(F)(F)F.CC(C)NC(=O)c1cccnc1.CC(C)NS(=O)(=O)C(C)C.CC(C)S(=O)(=O)N(C)C.CC(C)S(C)(=O)=O.CCCC(C)C.CCNS(=O)(=O)C(C)C.CCOCC(=O)CC(C)C.CCS(=O)(=O)CC(C)C.CNN(C)C(C)C.CNS(=O)(=O)C(C)C.CSCC(=O)CC(C)C. The van der Waals surface area contributed by atoms with Crippen molar-refractivity contribution in [2.75, 3.05) is 109 Å². The van der Waals surface area contributed by atoms with Crippen molar-refractivity contribution in [3.63, 3.8) is 0 Å². The molecule has 0 bridgehead atoms. The highest BCUT2D eigenvalue weighted by atomic mass is 32.2. The van der Waals surface area contributed by atoms with Crippen molar-refractivity contribution in [3.8, 4) is 0 Å². The van der Waals surface area contributed by atoms with Crippen LogP contribution in [0.5, 0.6) is 0 Å². The summed E-state index contributed by atoms with van der Waals surface area (Å²) in [5.41, 5.74) is 8.47. The lowest BCUT2D eigenvalue weighted by molar-refractivity contribution is -0.124. The molecule has 9 N–H and O–H groups in total. The fraction of sp³-hybridized carbons (Fsp3) is 0.885. The molecule has 2 atom stereocenters. The number of hydrogen-bond acceptors (Lipinski definition) is 26. The van der Waals surface area contributed by atoms with Gasteiger partial charge >= 0.3 is 5.51 Å². The number of amides is 2. The molecule has 43 heteroatoms. The summed E-state index contributed by atoms with van der Waals surface area (Å²) in [4.78, 5) is 58.2. The molecule has 31 nitrogen and oxygen atoms in total. The molecule has 1 rings (SSSR count). The number of hydrogen-bond donors (Lipinski definition) is 7. The zero-order chi connectivity index (χ0) is 107. The van der Waals surface area contributed by atoms with E-state index in [0.29, 0.717) is 84.3 Å². The van der Waals surface area contributed by atoms with Crippen LogP contribution < -0.4 is 36.4 Å². The van der Waals surface area contributed by atoms with Crippen LogP contribution in [0.15, 0.2) is 24.5 Å². The second kappa shape index (κ2) is 88.4. The third-order valence-corrected chi connectivity index (χ3v) is 30.0. The van der Waals surface area contributed by atoms with Gasteiger partial charge in [0.2, 0.25) is 55.8 Å². The minimum atomic E-state index is -5.10. The van der Waals surface area contributed by atoms with Crippen molar-refractivity contribution in [3.05, 3.63) is 30.1 Å². The van der Waals surface area contributed by atoms with Crippen molar-refractivity contribution in [1.82, 2.24) is 39.2 Å². The van der Waals surface area contributed by atoms with E-state index in [-0.39, 0.29) is 91.8 Å². The molecule has 0 spiro atoms. The number of halogens is 3. The first kappa shape index (κ1) is 158. The lowest BCUT2D eigenvalue weighted by Crippen LogP contribution is -2.36. The van der Waals surface area contributed by atoms with E-state index >= 15 is 0 Å². The number of sulfone groups is 3. The van der Waals surface area contributed by atoms with E-state index in [1.165, 1.54) is 58.4 Å².